The van der Waals surface area contributed by atoms with Crippen LogP contribution in [0.4, 0.5) is 0 Å². The lowest BCUT2D eigenvalue weighted by molar-refractivity contribution is -0.150. The highest BCUT2D eigenvalue weighted by Crippen LogP contribution is 2.39. The summed E-state index contributed by atoms with van der Waals surface area (Å²) in [6.07, 6.45) is 2.85. The van der Waals surface area contributed by atoms with Crippen molar-refractivity contribution in [3.8, 4) is 0 Å². The number of carbonyl (C=O) groups is 2. The van der Waals surface area contributed by atoms with E-state index in [0.29, 0.717) is 13.0 Å². The van der Waals surface area contributed by atoms with Gasteiger partial charge in [0.05, 0.1) is 12.3 Å². The second-order valence-corrected chi connectivity index (χ2v) is 4.81. The number of aliphatic carboxylic acids is 2. The SMILES string of the molecule is O=C(O)CCN1CC2CCC1CC2C(=O)O. The van der Waals surface area contributed by atoms with Gasteiger partial charge in [-0.25, -0.2) is 0 Å². The maximum Gasteiger partial charge on any atom is 0.306 e. The van der Waals surface area contributed by atoms with E-state index in [1.165, 1.54) is 0 Å². The Morgan fingerprint density at radius 1 is 1.25 bits per heavy atom. The third-order valence-electron chi connectivity index (χ3n) is 3.88. The molecule has 2 bridgehead atoms. The molecule has 90 valence electrons. The molecule has 3 unspecified atom stereocenters. The molecule has 3 aliphatic rings. The van der Waals surface area contributed by atoms with Gasteiger partial charge in [-0.2, -0.15) is 0 Å². The number of hydrogen-bond acceptors (Lipinski definition) is 3. The normalized spacial score (nSPS) is 33.9. The first kappa shape index (κ1) is 11.4. The minimum absolute atomic E-state index is 0.154. The van der Waals surface area contributed by atoms with Crippen LogP contribution in [0.25, 0.3) is 0 Å². The molecule has 2 N–H and O–H groups in total. The van der Waals surface area contributed by atoms with Crippen molar-refractivity contribution in [2.24, 2.45) is 11.8 Å². The fraction of sp³-hybridized carbons (Fsp3) is 0.818. The number of fused-ring (bicyclic) bond motifs is 3. The van der Waals surface area contributed by atoms with Gasteiger partial charge < -0.3 is 10.2 Å². The minimum atomic E-state index is -0.781. The van der Waals surface area contributed by atoms with Crippen LogP contribution < -0.4 is 0 Å². The third kappa shape index (κ3) is 2.19. The van der Waals surface area contributed by atoms with Gasteiger partial charge in [0, 0.05) is 19.1 Å². The first-order chi connectivity index (χ1) is 7.58. The van der Waals surface area contributed by atoms with Crippen molar-refractivity contribution < 1.29 is 19.8 Å². The fourth-order valence-electron chi connectivity index (χ4n) is 3.03. The molecule has 1 aliphatic carbocycles. The van der Waals surface area contributed by atoms with Crippen molar-refractivity contribution in [2.75, 3.05) is 13.1 Å². The van der Waals surface area contributed by atoms with Crippen LogP contribution in [0, 0.1) is 11.8 Å². The zero-order valence-electron chi connectivity index (χ0n) is 9.13. The van der Waals surface area contributed by atoms with E-state index >= 15 is 0 Å². The van der Waals surface area contributed by atoms with Gasteiger partial charge in [0.15, 0.2) is 0 Å². The summed E-state index contributed by atoms with van der Waals surface area (Å²) in [6, 6.07) is 0.283. The maximum absolute atomic E-state index is 11.0. The Morgan fingerprint density at radius 3 is 2.50 bits per heavy atom. The van der Waals surface area contributed by atoms with E-state index in [1.807, 2.05) is 0 Å². The monoisotopic (exact) mass is 227 g/mol. The van der Waals surface area contributed by atoms with Gasteiger partial charge in [0.1, 0.15) is 0 Å². The molecule has 3 rings (SSSR count). The number of nitrogens with zero attached hydrogens (tertiary/aromatic N) is 1. The van der Waals surface area contributed by atoms with E-state index in [0.717, 1.165) is 19.4 Å². The molecule has 0 aromatic carbocycles. The van der Waals surface area contributed by atoms with Crippen molar-refractivity contribution in [2.45, 2.75) is 31.7 Å². The zero-order valence-corrected chi connectivity index (χ0v) is 9.13. The van der Waals surface area contributed by atoms with E-state index < -0.39 is 11.9 Å². The van der Waals surface area contributed by atoms with Crippen LogP contribution in [-0.4, -0.2) is 46.2 Å². The number of carboxylic acids is 2. The Balaban J connectivity index is 1.93. The van der Waals surface area contributed by atoms with Crippen molar-refractivity contribution in [3.05, 3.63) is 0 Å². The van der Waals surface area contributed by atoms with Gasteiger partial charge in [-0.05, 0) is 25.2 Å². The molecule has 3 atom stereocenters. The summed E-state index contributed by atoms with van der Waals surface area (Å²) >= 11 is 0. The van der Waals surface area contributed by atoms with E-state index in [1.54, 1.807) is 0 Å². The summed E-state index contributed by atoms with van der Waals surface area (Å²) in [4.78, 5) is 23.7. The smallest absolute Gasteiger partial charge is 0.306 e. The second-order valence-electron chi connectivity index (χ2n) is 4.81. The highest BCUT2D eigenvalue weighted by Gasteiger charge is 2.43. The number of piperidine rings is 2. The molecule has 3 fully saturated rings. The summed E-state index contributed by atoms with van der Waals surface area (Å²) in [6.45, 7) is 1.32. The second kappa shape index (κ2) is 4.41. The molecule has 0 spiro atoms. The van der Waals surface area contributed by atoms with Gasteiger partial charge in [0.2, 0.25) is 0 Å². The first-order valence-corrected chi connectivity index (χ1v) is 5.76. The van der Waals surface area contributed by atoms with Crippen molar-refractivity contribution >= 4 is 11.9 Å². The topological polar surface area (TPSA) is 77.8 Å². The molecule has 2 saturated heterocycles. The maximum atomic E-state index is 11.0. The predicted octanol–water partition coefficient (Wildman–Crippen LogP) is 0.646. The van der Waals surface area contributed by atoms with E-state index in [-0.39, 0.29) is 24.3 Å². The van der Waals surface area contributed by atoms with Gasteiger partial charge in [-0.3, -0.25) is 14.5 Å². The number of carboxylic acid groups (broad SMARTS) is 2. The summed E-state index contributed by atoms with van der Waals surface area (Å²) in [5.74, 6) is -1.46. The standard InChI is InChI=1S/C11H17NO4/c13-10(14)3-4-12-6-7-1-2-8(12)5-9(7)11(15)16/h7-9H,1-6H2,(H,13,14)(H,15,16). The van der Waals surface area contributed by atoms with E-state index in [9.17, 15) is 9.59 Å². The van der Waals surface area contributed by atoms with Crippen LogP contribution >= 0.6 is 0 Å². The first-order valence-electron chi connectivity index (χ1n) is 5.76. The largest absolute Gasteiger partial charge is 0.481 e. The molecule has 0 aromatic rings. The highest BCUT2D eigenvalue weighted by molar-refractivity contribution is 5.71. The fourth-order valence-corrected chi connectivity index (χ4v) is 3.03. The molecule has 16 heavy (non-hydrogen) atoms. The lowest BCUT2D eigenvalue weighted by Gasteiger charge is -2.48. The van der Waals surface area contributed by atoms with Crippen LogP contribution in [0.2, 0.25) is 0 Å². The number of hydrogen-bond donors (Lipinski definition) is 2. The van der Waals surface area contributed by atoms with Crippen molar-refractivity contribution in [1.82, 2.24) is 4.90 Å². The summed E-state index contributed by atoms with van der Waals surface area (Å²) in [5, 5.41) is 17.7. The lowest BCUT2D eigenvalue weighted by Crippen LogP contribution is -2.54. The molecule has 5 nitrogen and oxygen atoms in total. The van der Waals surface area contributed by atoms with Gasteiger partial charge >= 0.3 is 11.9 Å². The Kier molecular flexibility index (Phi) is 3.14. The molecule has 0 amide bonds. The van der Waals surface area contributed by atoms with Gasteiger partial charge in [-0.15, -0.1) is 0 Å². The summed E-state index contributed by atoms with van der Waals surface area (Å²) in [5.41, 5.74) is 0. The van der Waals surface area contributed by atoms with E-state index in [4.69, 9.17) is 10.2 Å². The molecule has 1 saturated carbocycles. The number of rotatable bonds is 4. The van der Waals surface area contributed by atoms with Crippen LogP contribution in [0.5, 0.6) is 0 Å². The Morgan fingerprint density at radius 2 is 2.00 bits per heavy atom. The molecule has 5 heteroatoms. The molecule has 0 radical (unpaired) electrons. The van der Waals surface area contributed by atoms with E-state index in [2.05, 4.69) is 4.90 Å². The average molecular weight is 227 g/mol. The van der Waals surface area contributed by atoms with Crippen LogP contribution in [0.15, 0.2) is 0 Å². The van der Waals surface area contributed by atoms with Crippen molar-refractivity contribution in [3.63, 3.8) is 0 Å². The molecular formula is C11H17NO4. The lowest BCUT2D eigenvalue weighted by atomic mass is 9.72. The van der Waals surface area contributed by atoms with Crippen LogP contribution in [0.1, 0.15) is 25.7 Å². The molecule has 0 aromatic heterocycles. The molecule has 2 aliphatic heterocycles. The van der Waals surface area contributed by atoms with Crippen LogP contribution in [-0.2, 0) is 9.59 Å². The molecular weight excluding hydrogens is 210 g/mol. The van der Waals surface area contributed by atoms with Crippen LogP contribution in [0.3, 0.4) is 0 Å². The average Bonchev–Trinajstić information content (AvgIpc) is 2.27. The molecule has 2 heterocycles. The summed E-state index contributed by atoms with van der Waals surface area (Å²) in [7, 11) is 0. The quantitative estimate of drug-likeness (QED) is 0.737. The van der Waals surface area contributed by atoms with Gasteiger partial charge in [0.25, 0.3) is 0 Å². The third-order valence-corrected chi connectivity index (χ3v) is 3.88. The zero-order chi connectivity index (χ0) is 11.7. The highest BCUT2D eigenvalue weighted by atomic mass is 16.4. The Hall–Kier alpha value is -1.10. The minimum Gasteiger partial charge on any atom is -0.481 e. The van der Waals surface area contributed by atoms with Gasteiger partial charge in [-0.1, -0.05) is 0 Å². The van der Waals surface area contributed by atoms with Crippen molar-refractivity contribution in [1.29, 1.82) is 0 Å². The Labute approximate surface area is 94.0 Å². The Bertz CT molecular complexity index is 304. The predicted molar refractivity (Wildman–Crippen MR) is 56.1 cm³/mol. The summed E-state index contributed by atoms with van der Waals surface area (Å²) < 4.78 is 0.